The van der Waals surface area contributed by atoms with Crippen LogP contribution in [0.15, 0.2) is 133 Å². The van der Waals surface area contributed by atoms with Crippen molar-refractivity contribution in [1.29, 1.82) is 0 Å². The van der Waals surface area contributed by atoms with E-state index in [1.54, 1.807) is 6.08 Å². The van der Waals surface area contributed by atoms with Gasteiger partial charge in [0.15, 0.2) is 6.10 Å². The molecule has 234 valence electrons. The van der Waals surface area contributed by atoms with Crippen molar-refractivity contribution in [2.75, 3.05) is 13.2 Å². The Kier molecular flexibility index (Phi) is 12.3. The molecule has 0 N–H and O–H groups in total. The Morgan fingerprint density at radius 2 is 1.07 bits per heavy atom. The van der Waals surface area contributed by atoms with Gasteiger partial charge in [-0.1, -0.05) is 121 Å². The van der Waals surface area contributed by atoms with Crippen molar-refractivity contribution in [3.05, 3.63) is 155 Å². The van der Waals surface area contributed by atoms with Crippen molar-refractivity contribution >= 4 is 5.97 Å². The average molecular weight is 609 g/mol. The molecule has 1 saturated heterocycles. The Hall–Kier alpha value is -4.27. The van der Waals surface area contributed by atoms with Gasteiger partial charge in [-0.2, -0.15) is 0 Å². The first-order valence-electron chi connectivity index (χ1n) is 15.2. The minimum atomic E-state index is -0.643. The van der Waals surface area contributed by atoms with Crippen molar-refractivity contribution in [2.24, 2.45) is 0 Å². The molecule has 0 amide bonds. The molecule has 4 atom stereocenters. The second kappa shape index (κ2) is 17.3. The molecule has 1 aliphatic rings. The Bertz CT molecular complexity index is 1440. The van der Waals surface area contributed by atoms with E-state index in [2.05, 4.69) is 0 Å². The molecule has 5 rings (SSSR count). The van der Waals surface area contributed by atoms with E-state index < -0.39 is 24.4 Å². The molecule has 45 heavy (non-hydrogen) atoms. The fourth-order valence-electron chi connectivity index (χ4n) is 5.11. The standard InChI is InChI=1S/C38H40O7/c1-29(39)41-23-22-34-36(42-25-31-16-8-3-9-17-31)38(44-27-33-20-12-5-13-21-33)37(43-26-32-18-10-4-11-19-32)35(45-34)28-40-24-30-14-6-2-7-15-30/h2-22,35-38H,23-28H2,1H3/t35?,36?,37-,38-/m0/s1. The van der Waals surface area contributed by atoms with Crippen molar-refractivity contribution in [2.45, 2.75) is 57.8 Å². The van der Waals surface area contributed by atoms with Gasteiger partial charge in [0.05, 0.1) is 33.0 Å². The van der Waals surface area contributed by atoms with Gasteiger partial charge in [-0.05, 0) is 28.3 Å². The molecule has 4 aromatic carbocycles. The van der Waals surface area contributed by atoms with Crippen molar-refractivity contribution < 1.29 is 33.2 Å². The molecule has 0 spiro atoms. The zero-order valence-electron chi connectivity index (χ0n) is 25.5. The maximum atomic E-state index is 11.6. The van der Waals surface area contributed by atoms with Crippen LogP contribution >= 0.6 is 0 Å². The lowest BCUT2D eigenvalue weighted by Gasteiger charge is -2.43. The average Bonchev–Trinajstić information content (AvgIpc) is 3.08. The molecule has 0 saturated carbocycles. The zero-order valence-corrected chi connectivity index (χ0v) is 25.5. The molecule has 4 aromatic rings. The van der Waals surface area contributed by atoms with E-state index in [1.165, 1.54) is 6.92 Å². The third-order valence-corrected chi connectivity index (χ3v) is 7.36. The highest BCUT2D eigenvalue weighted by molar-refractivity contribution is 5.66. The fourth-order valence-corrected chi connectivity index (χ4v) is 5.11. The number of rotatable bonds is 15. The normalized spacial score (nSPS) is 20.4. The molecule has 0 aliphatic carbocycles. The number of carbonyl (C=O) groups is 1. The predicted octanol–water partition coefficient (Wildman–Crippen LogP) is 6.81. The summed E-state index contributed by atoms with van der Waals surface area (Å²) in [6.07, 6.45) is -0.543. The topological polar surface area (TPSA) is 72.5 Å². The molecular weight excluding hydrogens is 568 g/mol. The molecule has 1 aliphatic heterocycles. The fraction of sp³-hybridized carbons (Fsp3) is 0.289. The molecule has 7 nitrogen and oxygen atoms in total. The monoisotopic (exact) mass is 608 g/mol. The van der Waals surface area contributed by atoms with E-state index in [4.69, 9.17) is 28.4 Å². The number of hydrogen-bond acceptors (Lipinski definition) is 7. The van der Waals surface area contributed by atoms with Gasteiger partial charge in [0.2, 0.25) is 0 Å². The third kappa shape index (κ3) is 10.1. The van der Waals surface area contributed by atoms with Gasteiger partial charge in [-0.15, -0.1) is 0 Å². The van der Waals surface area contributed by atoms with Crippen molar-refractivity contribution in [1.82, 2.24) is 0 Å². The lowest BCUT2D eigenvalue weighted by molar-refractivity contribution is -0.223. The predicted molar refractivity (Wildman–Crippen MR) is 171 cm³/mol. The lowest BCUT2D eigenvalue weighted by atomic mass is 9.96. The summed E-state index contributed by atoms with van der Waals surface area (Å²) in [5.74, 6) is 0.131. The van der Waals surface area contributed by atoms with Crippen LogP contribution < -0.4 is 0 Å². The molecule has 7 heteroatoms. The SMILES string of the molecule is CC(=O)OCC=C1OC(COCc2ccccc2)[C@H](OCc2ccccc2)[C@@H](OCc2ccccc2)C1OCc1ccccc1. The minimum absolute atomic E-state index is 0.0361. The smallest absolute Gasteiger partial charge is 0.302 e. The zero-order chi connectivity index (χ0) is 31.1. The number of ether oxygens (including phenoxy) is 6. The van der Waals surface area contributed by atoms with Crippen LogP contribution in [-0.4, -0.2) is 43.6 Å². The van der Waals surface area contributed by atoms with Gasteiger partial charge in [-0.3, -0.25) is 4.79 Å². The number of hydrogen-bond donors (Lipinski definition) is 0. The van der Waals surface area contributed by atoms with Crippen LogP contribution in [0.3, 0.4) is 0 Å². The highest BCUT2D eigenvalue weighted by atomic mass is 16.6. The summed E-state index contributed by atoms with van der Waals surface area (Å²) in [7, 11) is 0. The van der Waals surface area contributed by atoms with E-state index in [0.29, 0.717) is 32.2 Å². The van der Waals surface area contributed by atoms with Crippen LogP contribution in [0.5, 0.6) is 0 Å². The van der Waals surface area contributed by atoms with Crippen LogP contribution in [0, 0.1) is 0 Å². The van der Waals surface area contributed by atoms with Gasteiger partial charge in [0, 0.05) is 6.92 Å². The number of carbonyl (C=O) groups excluding carboxylic acids is 1. The van der Waals surface area contributed by atoms with E-state index in [0.717, 1.165) is 22.3 Å². The van der Waals surface area contributed by atoms with Crippen LogP contribution in [-0.2, 0) is 59.6 Å². The summed E-state index contributed by atoms with van der Waals surface area (Å²) >= 11 is 0. The quantitative estimate of drug-likeness (QED) is 0.137. The van der Waals surface area contributed by atoms with Crippen LogP contribution in [0.4, 0.5) is 0 Å². The number of benzene rings is 4. The molecule has 0 bridgehead atoms. The summed E-state index contributed by atoms with van der Waals surface area (Å²) in [6.45, 7) is 3.10. The first-order valence-corrected chi connectivity index (χ1v) is 15.2. The maximum absolute atomic E-state index is 11.6. The van der Waals surface area contributed by atoms with Gasteiger partial charge in [-0.25, -0.2) is 0 Å². The molecule has 0 aromatic heterocycles. The Labute approximate surface area is 265 Å². The second-order valence-corrected chi connectivity index (χ2v) is 10.8. The second-order valence-electron chi connectivity index (χ2n) is 10.8. The van der Waals surface area contributed by atoms with Crippen LogP contribution in [0.25, 0.3) is 0 Å². The molecule has 1 fully saturated rings. The Morgan fingerprint density at radius 3 is 1.56 bits per heavy atom. The van der Waals surface area contributed by atoms with Gasteiger partial charge in [0.25, 0.3) is 0 Å². The van der Waals surface area contributed by atoms with E-state index >= 15 is 0 Å². The third-order valence-electron chi connectivity index (χ3n) is 7.36. The van der Waals surface area contributed by atoms with Crippen LogP contribution in [0.2, 0.25) is 0 Å². The first-order chi connectivity index (χ1) is 22.2. The van der Waals surface area contributed by atoms with E-state index in [9.17, 15) is 4.79 Å². The van der Waals surface area contributed by atoms with Crippen molar-refractivity contribution in [3.8, 4) is 0 Å². The van der Waals surface area contributed by atoms with Gasteiger partial charge < -0.3 is 28.4 Å². The Morgan fingerprint density at radius 1 is 0.622 bits per heavy atom. The largest absolute Gasteiger partial charge is 0.487 e. The highest BCUT2D eigenvalue weighted by Gasteiger charge is 2.46. The number of esters is 1. The van der Waals surface area contributed by atoms with E-state index in [-0.39, 0.29) is 19.2 Å². The van der Waals surface area contributed by atoms with Crippen molar-refractivity contribution in [3.63, 3.8) is 0 Å². The summed E-state index contributed by atoms with van der Waals surface area (Å²) in [5, 5.41) is 0. The van der Waals surface area contributed by atoms with Gasteiger partial charge >= 0.3 is 5.97 Å². The summed E-state index contributed by atoms with van der Waals surface area (Å²) < 4.78 is 38.0. The van der Waals surface area contributed by atoms with E-state index in [1.807, 2.05) is 121 Å². The molecule has 0 radical (unpaired) electrons. The summed E-state index contributed by atoms with van der Waals surface area (Å²) in [6, 6.07) is 39.9. The van der Waals surface area contributed by atoms with Gasteiger partial charge in [0.1, 0.15) is 30.7 Å². The summed E-state index contributed by atoms with van der Waals surface area (Å²) in [5.41, 5.74) is 4.12. The Balaban J connectivity index is 1.45. The molecule has 2 unspecified atom stereocenters. The molecule has 1 heterocycles. The maximum Gasteiger partial charge on any atom is 0.302 e. The molecular formula is C38H40O7. The first kappa shape index (κ1) is 32.1. The minimum Gasteiger partial charge on any atom is -0.487 e. The summed E-state index contributed by atoms with van der Waals surface area (Å²) in [4.78, 5) is 11.6. The lowest BCUT2D eigenvalue weighted by Crippen LogP contribution is -2.56. The van der Waals surface area contributed by atoms with Crippen LogP contribution in [0.1, 0.15) is 29.2 Å². The highest BCUT2D eigenvalue weighted by Crippen LogP contribution is 2.33.